The van der Waals surface area contributed by atoms with Gasteiger partial charge in [0.05, 0.1) is 18.8 Å². The molecule has 3 N–H and O–H groups in total. The lowest BCUT2D eigenvalue weighted by Crippen LogP contribution is -2.51. The van der Waals surface area contributed by atoms with E-state index in [1.165, 1.54) is 0 Å². The molecular formula is C16H22ClN3O2. The summed E-state index contributed by atoms with van der Waals surface area (Å²) >= 11 is 0. The van der Waals surface area contributed by atoms with Gasteiger partial charge in [-0.1, -0.05) is 18.2 Å². The maximum atomic E-state index is 12.4. The van der Waals surface area contributed by atoms with Crippen LogP contribution in [0.4, 0.5) is 0 Å². The van der Waals surface area contributed by atoms with Crippen molar-refractivity contribution in [1.29, 1.82) is 0 Å². The second kappa shape index (κ2) is 7.13. The lowest BCUT2D eigenvalue weighted by atomic mass is 10.0. The quantitative estimate of drug-likeness (QED) is 0.903. The van der Waals surface area contributed by atoms with Crippen LogP contribution in [0, 0.1) is 0 Å². The van der Waals surface area contributed by atoms with E-state index in [9.17, 15) is 4.79 Å². The maximum absolute atomic E-state index is 12.4. The van der Waals surface area contributed by atoms with Crippen LogP contribution in [0.25, 0.3) is 10.9 Å². The summed E-state index contributed by atoms with van der Waals surface area (Å²) < 4.78 is 5.46. The van der Waals surface area contributed by atoms with Crippen LogP contribution >= 0.6 is 12.4 Å². The third-order valence-electron chi connectivity index (χ3n) is 3.98. The van der Waals surface area contributed by atoms with Crippen LogP contribution in [0.3, 0.4) is 0 Å². The zero-order chi connectivity index (χ0) is 14.8. The highest BCUT2D eigenvalue weighted by Crippen LogP contribution is 2.19. The molecule has 0 aliphatic carbocycles. The van der Waals surface area contributed by atoms with Gasteiger partial charge in [0, 0.05) is 30.2 Å². The Morgan fingerprint density at radius 2 is 2.27 bits per heavy atom. The zero-order valence-corrected chi connectivity index (χ0v) is 13.4. The van der Waals surface area contributed by atoms with E-state index in [4.69, 9.17) is 10.5 Å². The van der Waals surface area contributed by atoms with Crippen LogP contribution in [0.1, 0.15) is 12.5 Å². The van der Waals surface area contributed by atoms with Gasteiger partial charge in [0.15, 0.2) is 0 Å². The number of carbonyl (C=O) groups is 1. The van der Waals surface area contributed by atoms with Gasteiger partial charge in [-0.15, -0.1) is 12.4 Å². The molecule has 2 atom stereocenters. The van der Waals surface area contributed by atoms with E-state index in [0.29, 0.717) is 26.1 Å². The number of hydrogen-bond donors (Lipinski definition) is 2. The number of morpholine rings is 1. The molecule has 1 aromatic heterocycles. The average molecular weight is 324 g/mol. The number of benzene rings is 1. The minimum absolute atomic E-state index is 0. The van der Waals surface area contributed by atoms with E-state index in [1.54, 1.807) is 0 Å². The first-order chi connectivity index (χ1) is 10.1. The van der Waals surface area contributed by atoms with Gasteiger partial charge < -0.3 is 20.4 Å². The van der Waals surface area contributed by atoms with Crippen LogP contribution < -0.4 is 5.73 Å². The summed E-state index contributed by atoms with van der Waals surface area (Å²) in [5.74, 6) is 0.00966. The van der Waals surface area contributed by atoms with E-state index >= 15 is 0 Å². The topological polar surface area (TPSA) is 71.3 Å². The number of amides is 1. The normalized spacial score (nSPS) is 19.7. The average Bonchev–Trinajstić information content (AvgIpc) is 2.90. The number of rotatable bonds is 3. The summed E-state index contributed by atoms with van der Waals surface area (Å²) in [5.41, 5.74) is 8.30. The summed E-state index contributed by atoms with van der Waals surface area (Å²) in [6.45, 7) is 3.82. The third-order valence-corrected chi connectivity index (χ3v) is 3.98. The number of para-hydroxylation sites is 1. The minimum atomic E-state index is -0.505. The Morgan fingerprint density at radius 3 is 3.05 bits per heavy atom. The molecule has 120 valence electrons. The van der Waals surface area contributed by atoms with Crippen molar-refractivity contribution < 1.29 is 9.53 Å². The highest BCUT2D eigenvalue weighted by atomic mass is 35.5. The Labute approximate surface area is 136 Å². The van der Waals surface area contributed by atoms with E-state index < -0.39 is 6.04 Å². The Balaban J connectivity index is 0.00000176. The zero-order valence-electron chi connectivity index (χ0n) is 12.6. The fourth-order valence-electron chi connectivity index (χ4n) is 2.88. The molecule has 1 aliphatic heterocycles. The highest BCUT2D eigenvalue weighted by Gasteiger charge is 2.26. The molecule has 0 spiro atoms. The van der Waals surface area contributed by atoms with E-state index in [2.05, 4.69) is 11.1 Å². The molecule has 2 heterocycles. The number of halogens is 1. The predicted octanol–water partition coefficient (Wildman–Crippen LogP) is 1.71. The van der Waals surface area contributed by atoms with Crippen molar-refractivity contribution in [1.82, 2.24) is 9.88 Å². The van der Waals surface area contributed by atoms with Crippen molar-refractivity contribution in [3.8, 4) is 0 Å². The van der Waals surface area contributed by atoms with Crippen LogP contribution in [0.2, 0.25) is 0 Å². The molecule has 0 radical (unpaired) electrons. The van der Waals surface area contributed by atoms with Crippen molar-refractivity contribution >= 4 is 29.2 Å². The lowest BCUT2D eigenvalue weighted by Gasteiger charge is -2.32. The molecule has 1 amide bonds. The number of carbonyl (C=O) groups excluding carboxylic acids is 1. The van der Waals surface area contributed by atoms with E-state index in [0.717, 1.165) is 16.5 Å². The summed E-state index contributed by atoms with van der Waals surface area (Å²) in [4.78, 5) is 17.5. The Morgan fingerprint density at radius 1 is 1.50 bits per heavy atom. The molecule has 5 nitrogen and oxygen atoms in total. The van der Waals surface area contributed by atoms with Gasteiger partial charge in [-0.2, -0.15) is 0 Å². The van der Waals surface area contributed by atoms with Crippen molar-refractivity contribution in [2.24, 2.45) is 5.73 Å². The van der Waals surface area contributed by atoms with Crippen molar-refractivity contribution in [3.05, 3.63) is 36.0 Å². The van der Waals surface area contributed by atoms with E-state index in [-0.39, 0.29) is 24.4 Å². The summed E-state index contributed by atoms with van der Waals surface area (Å²) in [7, 11) is 0. The molecular weight excluding hydrogens is 302 g/mol. The molecule has 2 aromatic rings. The monoisotopic (exact) mass is 323 g/mol. The second-order valence-corrected chi connectivity index (χ2v) is 5.64. The van der Waals surface area contributed by atoms with Gasteiger partial charge in [0.1, 0.15) is 0 Å². The molecule has 1 fully saturated rings. The molecule has 1 saturated heterocycles. The van der Waals surface area contributed by atoms with Gasteiger partial charge in [0.2, 0.25) is 5.91 Å². The molecule has 0 saturated carbocycles. The number of H-pyrrole nitrogens is 1. The third kappa shape index (κ3) is 3.43. The summed E-state index contributed by atoms with van der Waals surface area (Å²) in [6, 6.07) is 7.55. The second-order valence-electron chi connectivity index (χ2n) is 5.64. The molecule has 22 heavy (non-hydrogen) atoms. The van der Waals surface area contributed by atoms with Gasteiger partial charge in [-0.25, -0.2) is 0 Å². The van der Waals surface area contributed by atoms with Gasteiger partial charge in [0.25, 0.3) is 0 Å². The molecule has 1 unspecified atom stereocenters. The largest absolute Gasteiger partial charge is 0.375 e. The van der Waals surface area contributed by atoms with Crippen molar-refractivity contribution in [2.75, 3.05) is 19.7 Å². The molecule has 1 aliphatic rings. The number of fused-ring (bicyclic) bond motifs is 1. The molecule has 6 heteroatoms. The summed E-state index contributed by atoms with van der Waals surface area (Å²) in [5, 5.41) is 1.14. The van der Waals surface area contributed by atoms with Crippen LogP contribution in [-0.4, -0.2) is 47.6 Å². The standard InChI is InChI=1S/C16H21N3O2.ClH/c1-11-10-19(6-7-21-11)16(20)14(17)8-12-9-18-15-5-3-2-4-13(12)15;/h2-5,9,11,14,18H,6-8,10,17H2,1H3;1H/t11?,14-;/m0./s1. The van der Waals surface area contributed by atoms with Crippen molar-refractivity contribution in [3.63, 3.8) is 0 Å². The van der Waals surface area contributed by atoms with Crippen LogP contribution in [0.5, 0.6) is 0 Å². The lowest BCUT2D eigenvalue weighted by molar-refractivity contribution is -0.139. The number of aromatic nitrogens is 1. The maximum Gasteiger partial charge on any atom is 0.239 e. The Hall–Kier alpha value is -1.56. The number of aromatic amines is 1. The van der Waals surface area contributed by atoms with Crippen molar-refractivity contribution in [2.45, 2.75) is 25.5 Å². The number of ether oxygens (including phenoxy) is 1. The first kappa shape index (κ1) is 16.8. The number of hydrogen-bond acceptors (Lipinski definition) is 3. The van der Waals surface area contributed by atoms with Gasteiger partial charge >= 0.3 is 0 Å². The first-order valence-electron chi connectivity index (χ1n) is 7.36. The molecule has 1 aromatic carbocycles. The summed E-state index contributed by atoms with van der Waals surface area (Å²) in [6.07, 6.45) is 2.58. The Kier molecular flexibility index (Phi) is 5.45. The van der Waals surface area contributed by atoms with Gasteiger partial charge in [-0.05, 0) is 25.0 Å². The molecule has 3 rings (SSSR count). The number of nitrogens with zero attached hydrogens (tertiary/aromatic N) is 1. The smallest absolute Gasteiger partial charge is 0.239 e. The fraction of sp³-hybridized carbons (Fsp3) is 0.438. The SMILES string of the molecule is CC1CN(C(=O)[C@@H](N)Cc2c[nH]c3ccccc23)CCO1.Cl. The van der Waals surface area contributed by atoms with Gasteiger partial charge in [-0.3, -0.25) is 4.79 Å². The first-order valence-corrected chi connectivity index (χ1v) is 7.36. The predicted molar refractivity (Wildman–Crippen MR) is 89.2 cm³/mol. The number of nitrogens with one attached hydrogen (secondary N) is 1. The van der Waals surface area contributed by atoms with Crippen LogP contribution in [0.15, 0.2) is 30.5 Å². The van der Waals surface area contributed by atoms with E-state index in [1.807, 2.05) is 36.2 Å². The fourth-order valence-corrected chi connectivity index (χ4v) is 2.88. The Bertz CT molecular complexity index is 643. The molecule has 0 bridgehead atoms. The minimum Gasteiger partial charge on any atom is -0.375 e. The number of nitrogens with two attached hydrogens (primary N) is 1. The highest BCUT2D eigenvalue weighted by molar-refractivity contribution is 5.86. The van der Waals surface area contributed by atoms with Crippen LogP contribution in [-0.2, 0) is 16.0 Å².